The lowest BCUT2D eigenvalue weighted by Gasteiger charge is -2.14. The standard InChI is InChI=1S/C22H25N3O4/c1-4-29-13-12-24-22(26)18-14-23-15-25(18)17-10-8-16(9-11-17)21-19(27-2)6-5-7-20(21)28-3/h5-11,14-15H,4,12-13H2,1-3H3,(H,24,26). The smallest absolute Gasteiger partial charge is 0.270 e. The summed E-state index contributed by atoms with van der Waals surface area (Å²) < 4.78 is 18.0. The zero-order valence-electron chi connectivity index (χ0n) is 16.8. The first kappa shape index (κ1) is 20.4. The number of imidazole rings is 1. The van der Waals surface area contributed by atoms with Crippen molar-refractivity contribution in [3.05, 3.63) is 60.7 Å². The highest BCUT2D eigenvalue weighted by atomic mass is 16.5. The Bertz CT molecular complexity index is 929. The third kappa shape index (κ3) is 4.57. The number of methoxy groups -OCH3 is 2. The normalized spacial score (nSPS) is 10.6. The molecule has 1 amide bonds. The number of hydrogen-bond donors (Lipinski definition) is 1. The van der Waals surface area contributed by atoms with Gasteiger partial charge in [-0.25, -0.2) is 4.98 Å². The number of carbonyl (C=O) groups is 1. The van der Waals surface area contributed by atoms with Gasteiger partial charge in [0.05, 0.1) is 38.9 Å². The maximum absolute atomic E-state index is 12.5. The highest BCUT2D eigenvalue weighted by Crippen LogP contribution is 2.38. The third-order valence-electron chi connectivity index (χ3n) is 4.47. The Hall–Kier alpha value is -3.32. The average molecular weight is 395 g/mol. The van der Waals surface area contributed by atoms with E-state index in [-0.39, 0.29) is 5.91 Å². The van der Waals surface area contributed by atoms with E-state index in [9.17, 15) is 4.79 Å². The van der Waals surface area contributed by atoms with Gasteiger partial charge >= 0.3 is 0 Å². The first-order valence-corrected chi connectivity index (χ1v) is 9.39. The van der Waals surface area contributed by atoms with Crippen molar-refractivity contribution >= 4 is 5.91 Å². The van der Waals surface area contributed by atoms with Crippen LogP contribution in [0.1, 0.15) is 17.4 Å². The summed E-state index contributed by atoms with van der Waals surface area (Å²) in [5.74, 6) is 1.26. The Morgan fingerprint density at radius 3 is 2.38 bits per heavy atom. The molecule has 0 saturated carbocycles. The van der Waals surface area contributed by atoms with Crippen LogP contribution in [0.2, 0.25) is 0 Å². The van der Waals surface area contributed by atoms with Crippen molar-refractivity contribution in [3.63, 3.8) is 0 Å². The van der Waals surface area contributed by atoms with Crippen LogP contribution in [0, 0.1) is 0 Å². The van der Waals surface area contributed by atoms with Gasteiger partial charge in [-0.3, -0.25) is 9.36 Å². The number of nitrogens with zero attached hydrogens (tertiary/aromatic N) is 2. The molecule has 0 unspecified atom stereocenters. The van der Waals surface area contributed by atoms with Gasteiger partial charge in [0.25, 0.3) is 5.91 Å². The van der Waals surface area contributed by atoms with E-state index in [2.05, 4.69) is 10.3 Å². The van der Waals surface area contributed by atoms with Gasteiger partial charge < -0.3 is 19.5 Å². The first-order chi connectivity index (χ1) is 14.2. The highest BCUT2D eigenvalue weighted by molar-refractivity contribution is 5.93. The Morgan fingerprint density at radius 1 is 1.07 bits per heavy atom. The van der Waals surface area contributed by atoms with Crippen LogP contribution >= 0.6 is 0 Å². The number of aromatic nitrogens is 2. The maximum atomic E-state index is 12.5. The van der Waals surface area contributed by atoms with Gasteiger partial charge in [-0.1, -0.05) is 18.2 Å². The lowest BCUT2D eigenvalue weighted by molar-refractivity contribution is 0.0916. The lowest BCUT2D eigenvalue weighted by Crippen LogP contribution is -2.28. The second kappa shape index (κ2) is 9.75. The van der Waals surface area contributed by atoms with E-state index in [0.29, 0.717) is 25.5 Å². The van der Waals surface area contributed by atoms with Crippen LogP contribution in [0.3, 0.4) is 0 Å². The molecule has 3 rings (SSSR count). The van der Waals surface area contributed by atoms with Crippen LogP contribution in [0.4, 0.5) is 0 Å². The predicted octanol–water partition coefficient (Wildman–Crippen LogP) is 3.32. The minimum absolute atomic E-state index is 0.197. The van der Waals surface area contributed by atoms with Crippen LogP contribution in [0.5, 0.6) is 11.5 Å². The quantitative estimate of drug-likeness (QED) is 0.563. The molecule has 3 aromatic rings. The van der Waals surface area contributed by atoms with Gasteiger partial charge in [0.15, 0.2) is 0 Å². The summed E-state index contributed by atoms with van der Waals surface area (Å²) >= 11 is 0. The van der Waals surface area contributed by atoms with Crippen molar-refractivity contribution in [2.75, 3.05) is 34.0 Å². The van der Waals surface area contributed by atoms with Crippen LogP contribution in [-0.4, -0.2) is 49.4 Å². The Labute approximate surface area is 170 Å². The van der Waals surface area contributed by atoms with Crippen LogP contribution in [0.25, 0.3) is 16.8 Å². The highest BCUT2D eigenvalue weighted by Gasteiger charge is 2.15. The SMILES string of the molecule is CCOCCNC(=O)c1cncn1-c1ccc(-c2c(OC)cccc2OC)cc1. The molecule has 152 valence electrons. The fourth-order valence-electron chi connectivity index (χ4n) is 3.06. The van der Waals surface area contributed by atoms with Crippen molar-refractivity contribution in [2.45, 2.75) is 6.92 Å². The van der Waals surface area contributed by atoms with Gasteiger partial charge in [0.2, 0.25) is 0 Å². The molecule has 1 heterocycles. The number of benzene rings is 2. The molecule has 0 saturated heterocycles. The van der Waals surface area contributed by atoms with Gasteiger partial charge in [-0.2, -0.15) is 0 Å². The van der Waals surface area contributed by atoms with E-state index in [0.717, 1.165) is 28.3 Å². The fourth-order valence-corrected chi connectivity index (χ4v) is 3.06. The molecule has 0 fully saturated rings. The van der Waals surface area contributed by atoms with Gasteiger partial charge in [0, 0.05) is 18.8 Å². The molecule has 29 heavy (non-hydrogen) atoms. The van der Waals surface area contributed by atoms with Gasteiger partial charge in [0.1, 0.15) is 17.2 Å². The molecule has 0 aliphatic rings. The van der Waals surface area contributed by atoms with E-state index in [1.165, 1.54) is 0 Å². The molecule has 0 spiro atoms. The van der Waals surface area contributed by atoms with Crippen molar-refractivity contribution in [2.24, 2.45) is 0 Å². The third-order valence-corrected chi connectivity index (χ3v) is 4.47. The number of carbonyl (C=O) groups excluding carboxylic acids is 1. The Kier molecular flexibility index (Phi) is 6.86. The molecule has 0 aliphatic heterocycles. The number of ether oxygens (including phenoxy) is 3. The molecule has 7 heteroatoms. The summed E-state index contributed by atoms with van der Waals surface area (Å²) in [4.78, 5) is 16.6. The monoisotopic (exact) mass is 395 g/mol. The summed E-state index contributed by atoms with van der Waals surface area (Å²) in [6.45, 7) is 3.47. The molecule has 2 aromatic carbocycles. The van der Waals surface area contributed by atoms with Crippen molar-refractivity contribution in [1.29, 1.82) is 0 Å². The minimum Gasteiger partial charge on any atom is -0.496 e. The molecule has 1 N–H and O–H groups in total. The van der Waals surface area contributed by atoms with E-state index in [1.54, 1.807) is 31.3 Å². The summed E-state index contributed by atoms with van der Waals surface area (Å²) in [6.07, 6.45) is 3.17. The van der Waals surface area contributed by atoms with E-state index < -0.39 is 0 Å². The van der Waals surface area contributed by atoms with Crippen LogP contribution in [0.15, 0.2) is 55.0 Å². The first-order valence-electron chi connectivity index (χ1n) is 9.39. The van der Waals surface area contributed by atoms with Crippen LogP contribution < -0.4 is 14.8 Å². The largest absolute Gasteiger partial charge is 0.496 e. The van der Waals surface area contributed by atoms with Crippen molar-refractivity contribution < 1.29 is 19.0 Å². The molecular weight excluding hydrogens is 370 g/mol. The molecular formula is C22H25N3O4. The lowest BCUT2D eigenvalue weighted by atomic mass is 10.0. The Balaban J connectivity index is 1.84. The molecule has 0 atom stereocenters. The minimum atomic E-state index is -0.197. The van der Waals surface area contributed by atoms with Crippen molar-refractivity contribution in [3.8, 4) is 28.3 Å². The molecule has 1 aromatic heterocycles. The summed E-state index contributed by atoms with van der Waals surface area (Å²) in [5.41, 5.74) is 3.12. The molecule has 0 aliphatic carbocycles. The molecule has 0 radical (unpaired) electrons. The summed E-state index contributed by atoms with van der Waals surface area (Å²) in [6, 6.07) is 13.5. The average Bonchev–Trinajstić information content (AvgIpc) is 3.26. The van der Waals surface area contributed by atoms with E-state index >= 15 is 0 Å². The second-order valence-electron chi connectivity index (χ2n) is 6.19. The number of nitrogens with one attached hydrogen (secondary N) is 1. The van der Waals surface area contributed by atoms with Crippen LogP contribution in [-0.2, 0) is 4.74 Å². The number of hydrogen-bond acceptors (Lipinski definition) is 5. The number of amides is 1. The fraction of sp³-hybridized carbons (Fsp3) is 0.273. The van der Waals surface area contributed by atoms with Crippen molar-refractivity contribution in [1.82, 2.24) is 14.9 Å². The maximum Gasteiger partial charge on any atom is 0.270 e. The topological polar surface area (TPSA) is 74.6 Å². The zero-order valence-corrected chi connectivity index (χ0v) is 16.8. The summed E-state index contributed by atoms with van der Waals surface area (Å²) in [5, 5.41) is 2.84. The Morgan fingerprint density at radius 2 is 1.76 bits per heavy atom. The predicted molar refractivity (Wildman–Crippen MR) is 111 cm³/mol. The van der Waals surface area contributed by atoms with Gasteiger partial charge in [-0.15, -0.1) is 0 Å². The summed E-state index contributed by atoms with van der Waals surface area (Å²) in [7, 11) is 3.27. The van der Waals surface area contributed by atoms with E-state index in [4.69, 9.17) is 14.2 Å². The van der Waals surface area contributed by atoms with Gasteiger partial charge in [-0.05, 0) is 36.8 Å². The molecule has 0 bridgehead atoms. The number of rotatable bonds is 9. The zero-order chi connectivity index (χ0) is 20.6. The van der Waals surface area contributed by atoms with E-state index in [1.807, 2.05) is 49.4 Å². The second-order valence-corrected chi connectivity index (χ2v) is 6.19. The molecule has 7 nitrogen and oxygen atoms in total.